The van der Waals surface area contributed by atoms with Gasteiger partial charge in [-0.1, -0.05) is 24.3 Å². The molecule has 0 radical (unpaired) electrons. The smallest absolute Gasteiger partial charge is 0.251 e. The number of alkyl halides is 2. The number of hydrogen-bond donors (Lipinski definition) is 1. The van der Waals surface area contributed by atoms with Gasteiger partial charge in [-0.3, -0.25) is 9.97 Å². The molecule has 5 rings (SSSR count). The summed E-state index contributed by atoms with van der Waals surface area (Å²) in [5.74, 6) is -2.49. The van der Waals surface area contributed by atoms with Crippen molar-refractivity contribution >= 4 is 27.5 Å². The van der Waals surface area contributed by atoms with E-state index in [9.17, 15) is 13.9 Å². The first-order valence-electron chi connectivity index (χ1n) is 10.1. The van der Waals surface area contributed by atoms with E-state index in [4.69, 9.17) is 0 Å². The molecule has 0 amide bonds. The van der Waals surface area contributed by atoms with Crippen LogP contribution in [0.25, 0.3) is 21.8 Å². The third-order valence-electron chi connectivity index (χ3n) is 5.83. The van der Waals surface area contributed by atoms with E-state index in [0.717, 1.165) is 22.3 Å². The molecule has 0 saturated carbocycles. The molecule has 0 unspecified atom stereocenters. The van der Waals surface area contributed by atoms with E-state index in [1.54, 1.807) is 16.8 Å². The van der Waals surface area contributed by atoms with Gasteiger partial charge in [0.1, 0.15) is 0 Å². The average Bonchev–Trinajstić information content (AvgIpc) is 3.08. The van der Waals surface area contributed by atoms with E-state index in [1.807, 2.05) is 41.4 Å². The second kappa shape index (κ2) is 7.23. The second-order valence-electron chi connectivity index (χ2n) is 7.82. The van der Waals surface area contributed by atoms with Crippen LogP contribution in [0.5, 0.6) is 5.88 Å². The highest BCUT2D eigenvalue weighted by Crippen LogP contribution is 2.38. The van der Waals surface area contributed by atoms with Crippen LogP contribution in [0.3, 0.4) is 0 Å². The van der Waals surface area contributed by atoms with Gasteiger partial charge in [0, 0.05) is 62.4 Å². The number of anilines is 1. The molecule has 1 saturated heterocycles. The van der Waals surface area contributed by atoms with Gasteiger partial charge in [0.2, 0.25) is 5.88 Å². The SMILES string of the molecule is Oc1c2c(N3CCC(F)(F)CC3)ccnc2cn1CCc1ccc2ccccc2n1. The van der Waals surface area contributed by atoms with Crippen LogP contribution in [-0.2, 0) is 13.0 Å². The summed E-state index contributed by atoms with van der Waals surface area (Å²) in [7, 11) is 0. The summed E-state index contributed by atoms with van der Waals surface area (Å²) in [5, 5.41) is 12.6. The molecule has 0 atom stereocenters. The number of rotatable bonds is 4. The molecule has 3 aromatic heterocycles. The van der Waals surface area contributed by atoms with Crippen LogP contribution in [0, 0.1) is 0 Å². The molecule has 0 spiro atoms. The van der Waals surface area contributed by atoms with Crippen LogP contribution >= 0.6 is 0 Å². The van der Waals surface area contributed by atoms with Crippen LogP contribution < -0.4 is 4.90 Å². The Morgan fingerprint density at radius 2 is 1.80 bits per heavy atom. The van der Waals surface area contributed by atoms with E-state index in [-0.39, 0.29) is 31.8 Å². The summed E-state index contributed by atoms with van der Waals surface area (Å²) >= 11 is 0. The van der Waals surface area contributed by atoms with Crippen molar-refractivity contribution in [3.63, 3.8) is 0 Å². The van der Waals surface area contributed by atoms with Gasteiger partial charge in [-0.15, -0.1) is 0 Å². The first-order chi connectivity index (χ1) is 14.5. The Morgan fingerprint density at radius 1 is 1.00 bits per heavy atom. The largest absolute Gasteiger partial charge is 0.494 e. The zero-order valence-electron chi connectivity index (χ0n) is 16.4. The maximum Gasteiger partial charge on any atom is 0.251 e. The van der Waals surface area contributed by atoms with E-state index in [1.165, 1.54) is 0 Å². The predicted molar refractivity (Wildman–Crippen MR) is 113 cm³/mol. The number of fused-ring (bicyclic) bond motifs is 2. The highest BCUT2D eigenvalue weighted by Gasteiger charge is 2.34. The monoisotopic (exact) mass is 408 g/mol. The predicted octanol–water partition coefficient (Wildman–Crippen LogP) is 4.77. The second-order valence-corrected chi connectivity index (χ2v) is 7.82. The van der Waals surface area contributed by atoms with Crippen molar-refractivity contribution < 1.29 is 13.9 Å². The van der Waals surface area contributed by atoms with Gasteiger partial charge in [0.05, 0.1) is 22.1 Å². The van der Waals surface area contributed by atoms with Crippen molar-refractivity contribution in [3.05, 3.63) is 60.6 Å². The molecule has 1 N–H and O–H groups in total. The van der Waals surface area contributed by atoms with Crippen molar-refractivity contribution in [1.82, 2.24) is 14.5 Å². The standard InChI is InChI=1S/C23H22F2N4O/c24-23(25)9-13-28(14-10-23)20-7-11-26-19-15-29(22(30)21(19)20)12-8-17-6-5-16-3-1-2-4-18(16)27-17/h1-7,11,15,30H,8-10,12-14H2. The summed E-state index contributed by atoms with van der Waals surface area (Å²) in [6, 6.07) is 13.8. The van der Waals surface area contributed by atoms with Crippen LogP contribution in [-0.4, -0.2) is 38.7 Å². The van der Waals surface area contributed by atoms with E-state index >= 15 is 0 Å². The van der Waals surface area contributed by atoms with Gasteiger partial charge < -0.3 is 14.6 Å². The molecule has 1 aromatic carbocycles. The molecule has 0 aliphatic carbocycles. The Morgan fingerprint density at radius 3 is 2.63 bits per heavy atom. The molecule has 154 valence electrons. The summed E-state index contributed by atoms with van der Waals surface area (Å²) in [6.45, 7) is 1.07. The van der Waals surface area contributed by atoms with Crippen molar-refractivity contribution in [2.45, 2.75) is 31.7 Å². The number of benzene rings is 1. The van der Waals surface area contributed by atoms with Crippen molar-refractivity contribution in [3.8, 4) is 5.88 Å². The maximum atomic E-state index is 13.6. The zero-order valence-corrected chi connectivity index (χ0v) is 16.4. The fraction of sp³-hybridized carbons (Fsp3) is 0.304. The number of aryl methyl sites for hydroxylation is 2. The summed E-state index contributed by atoms with van der Waals surface area (Å²) < 4.78 is 28.9. The first-order valence-corrected chi connectivity index (χ1v) is 10.1. The van der Waals surface area contributed by atoms with Crippen LogP contribution in [0.15, 0.2) is 54.9 Å². The molecule has 1 aliphatic rings. The van der Waals surface area contributed by atoms with Gasteiger partial charge in [-0.25, -0.2) is 8.78 Å². The summed E-state index contributed by atoms with van der Waals surface area (Å²) in [5.41, 5.74) is 3.31. The zero-order chi connectivity index (χ0) is 20.7. The third-order valence-corrected chi connectivity index (χ3v) is 5.83. The van der Waals surface area contributed by atoms with Gasteiger partial charge in [0.15, 0.2) is 0 Å². The van der Waals surface area contributed by atoms with Gasteiger partial charge in [0.25, 0.3) is 5.92 Å². The average molecular weight is 408 g/mol. The quantitative estimate of drug-likeness (QED) is 0.529. The summed E-state index contributed by atoms with van der Waals surface area (Å²) in [4.78, 5) is 11.0. The lowest BCUT2D eigenvalue weighted by atomic mass is 10.1. The fourth-order valence-corrected chi connectivity index (χ4v) is 4.14. The minimum Gasteiger partial charge on any atom is -0.494 e. The number of para-hydroxylation sites is 1. The highest BCUT2D eigenvalue weighted by atomic mass is 19.3. The van der Waals surface area contributed by atoms with E-state index in [0.29, 0.717) is 23.9 Å². The molecule has 1 fully saturated rings. The van der Waals surface area contributed by atoms with Gasteiger partial charge in [-0.05, 0) is 18.2 Å². The topological polar surface area (TPSA) is 54.2 Å². The molecular formula is C23H22F2N4O. The van der Waals surface area contributed by atoms with Gasteiger partial charge >= 0.3 is 0 Å². The number of piperidine rings is 1. The molecule has 4 heterocycles. The Labute approximate surface area is 172 Å². The third kappa shape index (κ3) is 3.44. The molecular weight excluding hydrogens is 386 g/mol. The number of hydrogen-bond acceptors (Lipinski definition) is 4. The lowest BCUT2D eigenvalue weighted by molar-refractivity contribution is -0.0220. The maximum absolute atomic E-state index is 13.6. The highest BCUT2D eigenvalue weighted by molar-refractivity contribution is 5.96. The van der Waals surface area contributed by atoms with Crippen molar-refractivity contribution in [1.29, 1.82) is 0 Å². The molecule has 4 aromatic rings. The lowest BCUT2D eigenvalue weighted by Gasteiger charge is -2.33. The molecule has 0 bridgehead atoms. The number of aromatic hydroxyl groups is 1. The van der Waals surface area contributed by atoms with Crippen molar-refractivity contribution in [2.24, 2.45) is 0 Å². The minimum atomic E-state index is -2.61. The molecule has 5 nitrogen and oxygen atoms in total. The van der Waals surface area contributed by atoms with Crippen LogP contribution in [0.1, 0.15) is 18.5 Å². The Bertz CT molecular complexity index is 1210. The number of pyridine rings is 2. The number of nitrogens with zero attached hydrogens (tertiary/aromatic N) is 4. The van der Waals surface area contributed by atoms with E-state index in [2.05, 4.69) is 16.0 Å². The fourth-order valence-electron chi connectivity index (χ4n) is 4.14. The van der Waals surface area contributed by atoms with E-state index < -0.39 is 5.92 Å². The van der Waals surface area contributed by atoms with Gasteiger partial charge in [-0.2, -0.15) is 0 Å². The normalized spacial score (nSPS) is 16.4. The Balaban J connectivity index is 1.40. The number of halogens is 2. The minimum absolute atomic E-state index is 0.117. The molecule has 30 heavy (non-hydrogen) atoms. The first kappa shape index (κ1) is 18.8. The van der Waals surface area contributed by atoms with Crippen LogP contribution in [0.4, 0.5) is 14.5 Å². The molecule has 1 aliphatic heterocycles. The summed E-state index contributed by atoms with van der Waals surface area (Å²) in [6.07, 6.45) is 3.79. The Hall–Kier alpha value is -3.22. The molecule has 7 heteroatoms. The number of aromatic nitrogens is 3. The lowest BCUT2D eigenvalue weighted by Crippen LogP contribution is -2.39. The Kier molecular flexibility index (Phi) is 4.53. The van der Waals surface area contributed by atoms with Crippen molar-refractivity contribution in [2.75, 3.05) is 18.0 Å². The van der Waals surface area contributed by atoms with Crippen LogP contribution in [0.2, 0.25) is 0 Å².